The lowest BCUT2D eigenvalue weighted by atomic mass is 9.94. The molecule has 3 rings (SSSR count). The number of nitrogens with zero attached hydrogens (tertiary/aromatic N) is 1. The summed E-state index contributed by atoms with van der Waals surface area (Å²) >= 11 is 1.72. The van der Waals surface area contributed by atoms with Crippen molar-refractivity contribution in [3.05, 3.63) is 53.6 Å². The molecule has 0 aliphatic carbocycles. The van der Waals surface area contributed by atoms with E-state index >= 15 is 0 Å². The minimum Gasteiger partial charge on any atom is -0.497 e. The van der Waals surface area contributed by atoms with Crippen molar-refractivity contribution in [3.8, 4) is 5.75 Å². The first-order valence-electron chi connectivity index (χ1n) is 7.97. The van der Waals surface area contributed by atoms with Gasteiger partial charge in [-0.1, -0.05) is 17.8 Å². The average molecular weight is 343 g/mol. The van der Waals surface area contributed by atoms with Crippen LogP contribution in [0.25, 0.3) is 0 Å². The molecule has 1 heterocycles. The smallest absolute Gasteiger partial charge is 0.407 e. The summed E-state index contributed by atoms with van der Waals surface area (Å²) in [7, 11) is 1.67. The van der Waals surface area contributed by atoms with Crippen molar-refractivity contribution in [1.29, 1.82) is 0 Å². The summed E-state index contributed by atoms with van der Waals surface area (Å²) in [4.78, 5) is 14.9. The van der Waals surface area contributed by atoms with Gasteiger partial charge in [0.2, 0.25) is 0 Å². The molecule has 24 heavy (non-hydrogen) atoms. The van der Waals surface area contributed by atoms with Gasteiger partial charge in [0.05, 0.1) is 7.11 Å². The van der Waals surface area contributed by atoms with Crippen molar-refractivity contribution in [2.75, 3.05) is 20.2 Å². The molecule has 2 aromatic rings. The van der Waals surface area contributed by atoms with Crippen LogP contribution in [0.1, 0.15) is 23.5 Å². The quantitative estimate of drug-likeness (QED) is 0.880. The minimum absolute atomic E-state index is 0.307. The van der Waals surface area contributed by atoms with Gasteiger partial charge in [0.25, 0.3) is 0 Å². The van der Waals surface area contributed by atoms with Gasteiger partial charge in [0.15, 0.2) is 0 Å². The van der Waals surface area contributed by atoms with Crippen LogP contribution in [-0.4, -0.2) is 36.3 Å². The third-order valence-electron chi connectivity index (χ3n) is 4.44. The second-order valence-corrected chi connectivity index (χ2v) is 7.16. The molecule has 2 aromatic carbocycles. The van der Waals surface area contributed by atoms with Crippen LogP contribution in [0.2, 0.25) is 0 Å². The molecule has 1 N–H and O–H groups in total. The molecule has 1 fully saturated rings. The molecule has 1 amide bonds. The van der Waals surface area contributed by atoms with Crippen molar-refractivity contribution in [2.45, 2.75) is 29.1 Å². The molecule has 0 bridgehead atoms. The lowest BCUT2D eigenvalue weighted by molar-refractivity contribution is 0.155. The standard InChI is InChI=1S/C19H21NO3S/c1-13-11-17(24-16-5-3-15(23-2)4-6-16)7-8-18(13)14-9-10-20(12-14)19(21)22/h3-8,11,14H,9-10,12H2,1-2H3,(H,21,22). The summed E-state index contributed by atoms with van der Waals surface area (Å²) in [5, 5.41) is 9.11. The van der Waals surface area contributed by atoms with E-state index in [4.69, 9.17) is 9.84 Å². The molecular weight excluding hydrogens is 322 g/mol. The molecular formula is C19H21NO3S. The Morgan fingerprint density at radius 1 is 1.21 bits per heavy atom. The van der Waals surface area contributed by atoms with Gasteiger partial charge in [0, 0.05) is 28.8 Å². The molecule has 5 heteroatoms. The van der Waals surface area contributed by atoms with E-state index in [9.17, 15) is 4.79 Å². The van der Waals surface area contributed by atoms with Crippen molar-refractivity contribution in [2.24, 2.45) is 0 Å². The zero-order chi connectivity index (χ0) is 17.1. The highest BCUT2D eigenvalue weighted by atomic mass is 32.2. The van der Waals surface area contributed by atoms with Gasteiger partial charge in [-0.05, 0) is 60.9 Å². The number of carboxylic acid groups (broad SMARTS) is 1. The number of carbonyl (C=O) groups is 1. The maximum Gasteiger partial charge on any atom is 0.407 e. The van der Waals surface area contributed by atoms with E-state index in [0.717, 1.165) is 12.2 Å². The summed E-state index contributed by atoms with van der Waals surface area (Å²) in [6, 6.07) is 14.5. The fraction of sp³-hybridized carbons (Fsp3) is 0.316. The van der Waals surface area contributed by atoms with Crippen LogP contribution < -0.4 is 4.74 Å². The molecule has 1 atom stereocenters. The van der Waals surface area contributed by atoms with E-state index in [1.54, 1.807) is 18.9 Å². The third kappa shape index (κ3) is 3.67. The van der Waals surface area contributed by atoms with Gasteiger partial charge in [-0.2, -0.15) is 0 Å². The molecule has 4 nitrogen and oxygen atoms in total. The maximum absolute atomic E-state index is 11.1. The van der Waals surface area contributed by atoms with Crippen LogP contribution in [0.15, 0.2) is 52.3 Å². The number of hydrogen-bond acceptors (Lipinski definition) is 3. The minimum atomic E-state index is -0.818. The second kappa shape index (κ2) is 7.18. The zero-order valence-electron chi connectivity index (χ0n) is 13.9. The van der Waals surface area contributed by atoms with Gasteiger partial charge in [-0.3, -0.25) is 0 Å². The number of amides is 1. The van der Waals surface area contributed by atoms with E-state index in [1.165, 1.54) is 25.8 Å². The van der Waals surface area contributed by atoms with E-state index in [0.29, 0.717) is 19.0 Å². The van der Waals surface area contributed by atoms with Gasteiger partial charge < -0.3 is 14.7 Å². The molecule has 0 aromatic heterocycles. The Morgan fingerprint density at radius 2 is 1.92 bits per heavy atom. The predicted octanol–water partition coefficient (Wildman–Crippen LogP) is 4.62. The summed E-state index contributed by atoms with van der Waals surface area (Å²) in [6.45, 7) is 3.33. The normalized spacial score (nSPS) is 17.1. The number of ether oxygens (including phenoxy) is 1. The molecule has 0 saturated carbocycles. The molecule has 1 unspecified atom stereocenters. The summed E-state index contributed by atoms with van der Waals surface area (Å²) in [5.41, 5.74) is 2.49. The Bertz CT molecular complexity index is 730. The molecule has 1 aliphatic heterocycles. The lowest BCUT2D eigenvalue weighted by Crippen LogP contribution is -2.26. The number of benzene rings is 2. The molecule has 0 spiro atoms. The Kier molecular flexibility index (Phi) is 5.00. The van der Waals surface area contributed by atoms with Crippen LogP contribution in [0.3, 0.4) is 0 Å². The zero-order valence-corrected chi connectivity index (χ0v) is 14.7. The van der Waals surface area contributed by atoms with E-state index in [1.807, 2.05) is 12.1 Å². The number of likely N-dealkylation sites (tertiary alicyclic amines) is 1. The molecule has 0 radical (unpaired) electrons. The second-order valence-electron chi connectivity index (χ2n) is 6.01. The van der Waals surface area contributed by atoms with Gasteiger partial charge in [-0.25, -0.2) is 4.79 Å². The van der Waals surface area contributed by atoms with Crippen LogP contribution in [0.4, 0.5) is 4.79 Å². The maximum atomic E-state index is 11.1. The van der Waals surface area contributed by atoms with Crippen LogP contribution >= 0.6 is 11.8 Å². The first kappa shape index (κ1) is 16.7. The highest BCUT2D eigenvalue weighted by molar-refractivity contribution is 7.99. The van der Waals surface area contributed by atoms with Crippen LogP contribution in [0.5, 0.6) is 5.75 Å². The highest BCUT2D eigenvalue weighted by Gasteiger charge is 2.27. The van der Waals surface area contributed by atoms with Crippen molar-refractivity contribution in [1.82, 2.24) is 4.90 Å². The number of rotatable bonds is 4. The topological polar surface area (TPSA) is 49.8 Å². The lowest BCUT2D eigenvalue weighted by Gasteiger charge is -2.15. The van der Waals surface area contributed by atoms with Crippen molar-refractivity contribution >= 4 is 17.9 Å². The number of methoxy groups -OCH3 is 1. The van der Waals surface area contributed by atoms with Crippen molar-refractivity contribution in [3.63, 3.8) is 0 Å². The predicted molar refractivity (Wildman–Crippen MR) is 95.3 cm³/mol. The first-order chi connectivity index (χ1) is 11.6. The monoisotopic (exact) mass is 343 g/mol. The van der Waals surface area contributed by atoms with Crippen LogP contribution in [0, 0.1) is 6.92 Å². The van der Waals surface area contributed by atoms with Gasteiger partial charge in [-0.15, -0.1) is 0 Å². The van der Waals surface area contributed by atoms with E-state index in [2.05, 4.69) is 37.3 Å². The fourth-order valence-electron chi connectivity index (χ4n) is 3.14. The van der Waals surface area contributed by atoms with Gasteiger partial charge >= 0.3 is 6.09 Å². The number of hydrogen-bond donors (Lipinski definition) is 1. The average Bonchev–Trinajstić information content (AvgIpc) is 3.06. The third-order valence-corrected chi connectivity index (χ3v) is 5.43. The Balaban J connectivity index is 1.71. The highest BCUT2D eigenvalue weighted by Crippen LogP contribution is 2.34. The fourth-order valence-corrected chi connectivity index (χ4v) is 4.05. The Labute approximate surface area is 146 Å². The summed E-state index contributed by atoms with van der Waals surface area (Å²) < 4.78 is 5.18. The molecule has 1 aliphatic rings. The van der Waals surface area contributed by atoms with Crippen molar-refractivity contribution < 1.29 is 14.6 Å². The molecule has 1 saturated heterocycles. The summed E-state index contributed by atoms with van der Waals surface area (Å²) in [5.74, 6) is 1.16. The Morgan fingerprint density at radius 3 is 2.50 bits per heavy atom. The van der Waals surface area contributed by atoms with E-state index in [-0.39, 0.29) is 0 Å². The molecule has 126 valence electrons. The van der Waals surface area contributed by atoms with E-state index < -0.39 is 6.09 Å². The first-order valence-corrected chi connectivity index (χ1v) is 8.79. The SMILES string of the molecule is COc1ccc(Sc2ccc(C3CCN(C(=O)O)C3)c(C)c2)cc1. The van der Waals surface area contributed by atoms with Gasteiger partial charge in [0.1, 0.15) is 5.75 Å². The Hall–Kier alpha value is -2.14. The largest absolute Gasteiger partial charge is 0.497 e. The van der Waals surface area contributed by atoms with Crippen LogP contribution in [-0.2, 0) is 0 Å². The summed E-state index contributed by atoms with van der Waals surface area (Å²) in [6.07, 6.45) is 0.0832. The number of aryl methyl sites for hydroxylation is 1.